The second-order valence-corrected chi connectivity index (χ2v) is 17.3. The molecule has 4 rings (SSSR count). The minimum absolute atomic E-state index is 0.0208. The molecule has 1 aromatic carbocycles. The van der Waals surface area contributed by atoms with E-state index in [9.17, 15) is 61.1 Å². The zero-order valence-electron chi connectivity index (χ0n) is 42.0. The summed E-state index contributed by atoms with van der Waals surface area (Å²) in [6, 6.07) is 4.61. The van der Waals surface area contributed by atoms with Crippen molar-refractivity contribution in [2.24, 2.45) is 5.92 Å². The number of halogens is 4. The van der Waals surface area contributed by atoms with Crippen molar-refractivity contribution < 1.29 is 41.8 Å². The number of aromatic nitrogens is 6. The summed E-state index contributed by atoms with van der Waals surface area (Å²) < 4.78 is 49.9. The number of carbonyl (C=O) groups is 4. The number of alkyl halides is 3. The lowest BCUT2D eigenvalue weighted by atomic mass is 10.1. The molecule has 0 spiro atoms. The highest BCUT2D eigenvalue weighted by molar-refractivity contribution is 6.30. The van der Waals surface area contributed by atoms with E-state index in [-0.39, 0.29) is 40.0 Å². The highest BCUT2D eigenvalue weighted by Crippen LogP contribution is 2.27. The number of nitrogens with one attached hydrogen (secondary N) is 5. The van der Waals surface area contributed by atoms with Crippen LogP contribution in [-0.2, 0) is 10.9 Å². The summed E-state index contributed by atoms with van der Waals surface area (Å²) >= 11 is 5.76. The first kappa shape index (κ1) is 62.1. The number of rotatable bonds is 21. The van der Waals surface area contributed by atoms with Gasteiger partial charge in [0.2, 0.25) is 0 Å². The van der Waals surface area contributed by atoms with Crippen molar-refractivity contribution in [2.45, 2.75) is 131 Å². The molecule has 3 heterocycles. The van der Waals surface area contributed by atoms with Crippen molar-refractivity contribution >= 4 is 35.8 Å². The Morgan fingerprint density at radius 2 is 1.08 bits per heavy atom. The van der Waals surface area contributed by atoms with Gasteiger partial charge in [0.25, 0.3) is 16.7 Å². The Balaban J connectivity index is 0.000000376. The van der Waals surface area contributed by atoms with Gasteiger partial charge in [0.15, 0.2) is 0 Å². The smallest absolute Gasteiger partial charge is 0.425 e. The second-order valence-electron chi connectivity index (χ2n) is 16.9. The molecular formula is C48H67ClF3N9O12. The van der Waals surface area contributed by atoms with Crippen LogP contribution in [0.25, 0.3) is 11.1 Å². The Labute approximate surface area is 423 Å². The third-order valence-electron chi connectivity index (χ3n) is 10.4. The zero-order chi connectivity index (χ0) is 54.7. The van der Waals surface area contributed by atoms with Crippen LogP contribution in [0.1, 0.15) is 130 Å². The number of unbranched alkanes of at least 4 members (excludes halogenated alkanes) is 11. The minimum Gasteiger partial charge on any atom is -0.496 e. The molecule has 0 saturated carbocycles. The lowest BCUT2D eigenvalue weighted by molar-refractivity contribution is -0.139. The number of hydrogen-bond acceptors (Lipinski definition) is 12. The highest BCUT2D eigenvalue weighted by atomic mass is 35.5. The molecule has 25 heteroatoms. The zero-order valence-corrected chi connectivity index (χ0v) is 42.8. The monoisotopic (exact) mass is 1050 g/mol. The number of ether oxygens (including phenoxy) is 2. The lowest BCUT2D eigenvalue weighted by Crippen LogP contribution is -2.48. The number of methoxy groups -OCH3 is 1. The molecule has 3 aromatic heterocycles. The van der Waals surface area contributed by atoms with Crippen LogP contribution in [0.3, 0.4) is 0 Å². The van der Waals surface area contributed by atoms with Crippen LogP contribution in [0.4, 0.5) is 32.3 Å². The first-order chi connectivity index (χ1) is 34.6. The number of hydrogen-bond donors (Lipinski definition) is 5. The fraction of sp³-hybridized carbons (Fsp3) is 0.542. The van der Waals surface area contributed by atoms with Crippen LogP contribution in [0, 0.1) is 5.92 Å². The van der Waals surface area contributed by atoms with Gasteiger partial charge in [-0.05, 0) is 31.2 Å². The van der Waals surface area contributed by atoms with Gasteiger partial charge in [0.05, 0.1) is 19.3 Å². The maximum absolute atomic E-state index is 12.6. The van der Waals surface area contributed by atoms with Gasteiger partial charge in [-0.3, -0.25) is 24.4 Å². The van der Waals surface area contributed by atoms with E-state index in [1.54, 1.807) is 38.1 Å². The quantitative estimate of drug-likeness (QED) is 0.0516. The van der Waals surface area contributed by atoms with Crippen LogP contribution in [0.5, 0.6) is 5.75 Å². The summed E-state index contributed by atoms with van der Waals surface area (Å²) in [5, 5.41) is 7.19. The van der Waals surface area contributed by atoms with Crippen molar-refractivity contribution in [3.05, 3.63) is 116 Å². The summed E-state index contributed by atoms with van der Waals surface area (Å²) in [7, 11) is 1.49. The third kappa shape index (κ3) is 20.6. The average Bonchev–Trinajstić information content (AvgIpc) is 3.34. The largest absolute Gasteiger partial charge is 0.496 e. The number of H-pyrrole nitrogens is 2. The van der Waals surface area contributed by atoms with Gasteiger partial charge in [-0.2, -0.15) is 17.7 Å². The van der Waals surface area contributed by atoms with E-state index >= 15 is 0 Å². The molecule has 4 aromatic rings. The standard InChI is InChI=1S/C18H23N3O4.C16H24ClN3O5.C14H20F3N3O3/c1-3-4-5-8-11-19-17(23)21-12-14(16(22)20-18(21)24)13-9-6-7-10-15(13)25-2;1-4-5-6-7-8-18-14(22)19-9-12(17)13(21)20(15(19)23)16(24)25-10-11(2)3;1-2-3-4-5-6-7-8-18-12(22)20-9-10(14(15,16)17)11(21)19-13(20)23/h6-7,9-10,12H,3-5,8,11H2,1-2H3,(H,19,23)(H,20,22,24);9,11H,4-8,10H2,1-3H3,(H,18,22);9H,2-8H2,1H3,(H,18,22)(H,19,21,23). The van der Waals surface area contributed by atoms with Gasteiger partial charge in [0.1, 0.15) is 16.3 Å². The number of aromatic amines is 2. The van der Waals surface area contributed by atoms with E-state index in [0.29, 0.717) is 35.4 Å². The molecule has 0 atom stereocenters. The van der Waals surface area contributed by atoms with E-state index in [1.165, 1.54) is 18.3 Å². The lowest BCUT2D eigenvalue weighted by Gasteiger charge is -2.11. The van der Waals surface area contributed by atoms with E-state index in [1.807, 2.05) is 0 Å². The third-order valence-corrected chi connectivity index (χ3v) is 10.7. The second kappa shape index (κ2) is 32.2. The molecule has 5 N–H and O–H groups in total. The van der Waals surface area contributed by atoms with Crippen LogP contribution in [0.15, 0.2) is 71.6 Å². The fourth-order valence-electron chi connectivity index (χ4n) is 6.49. The number of amides is 3. The van der Waals surface area contributed by atoms with E-state index in [0.717, 1.165) is 94.2 Å². The highest BCUT2D eigenvalue weighted by Gasteiger charge is 2.35. The van der Waals surface area contributed by atoms with Crippen LogP contribution in [0.2, 0.25) is 5.02 Å². The predicted molar refractivity (Wildman–Crippen MR) is 269 cm³/mol. The average molecular weight is 1050 g/mol. The Hall–Kier alpha value is -6.98. The Morgan fingerprint density at radius 1 is 0.630 bits per heavy atom. The Morgan fingerprint density at radius 3 is 1.58 bits per heavy atom. The first-order valence-electron chi connectivity index (χ1n) is 24.1. The van der Waals surface area contributed by atoms with E-state index < -0.39 is 74.7 Å². The molecule has 0 aliphatic carbocycles. The topological polar surface area (TPSA) is 277 Å². The SMILES string of the molecule is CCCCCCCCNC(=O)n1cc(C(F)(F)F)c(=O)[nH]c1=O.CCCCCCNC(=O)n1cc(-c2ccccc2OC)c(=O)[nH]c1=O.CCCCCCNC(=O)n1cc(Cl)c(=O)n(C(=O)OCC(C)C)c1=O. The van der Waals surface area contributed by atoms with Crippen LogP contribution in [-0.4, -0.2) is 85.8 Å². The summed E-state index contributed by atoms with van der Waals surface area (Å²) in [5.74, 6) is 0.505. The van der Waals surface area contributed by atoms with Crippen molar-refractivity contribution in [1.29, 1.82) is 0 Å². The molecule has 0 bridgehead atoms. The Kier molecular flexibility index (Phi) is 27.4. The number of carbonyl (C=O) groups excluding carboxylic acids is 4. The van der Waals surface area contributed by atoms with Crippen molar-refractivity contribution in [2.75, 3.05) is 33.4 Å². The van der Waals surface area contributed by atoms with Crippen molar-refractivity contribution in [3.63, 3.8) is 0 Å². The molecule has 0 saturated heterocycles. The molecule has 0 aliphatic heterocycles. The van der Waals surface area contributed by atoms with E-state index in [4.69, 9.17) is 21.1 Å². The molecule has 0 radical (unpaired) electrons. The summed E-state index contributed by atoms with van der Waals surface area (Å²) in [5.41, 5.74) is -7.13. The van der Waals surface area contributed by atoms with Gasteiger partial charge in [-0.15, -0.1) is 0 Å². The molecule has 404 valence electrons. The minimum atomic E-state index is -4.94. The van der Waals surface area contributed by atoms with Gasteiger partial charge in [-0.1, -0.05) is 135 Å². The van der Waals surface area contributed by atoms with Gasteiger partial charge >= 0.3 is 47.4 Å². The van der Waals surface area contributed by atoms with Gasteiger partial charge in [0, 0.05) is 43.8 Å². The summed E-state index contributed by atoms with van der Waals surface area (Å²) in [6.07, 6.45) is 10.1. The molecule has 0 unspecified atom stereocenters. The fourth-order valence-corrected chi connectivity index (χ4v) is 6.67. The molecule has 0 aliphatic rings. The van der Waals surface area contributed by atoms with Gasteiger partial charge < -0.3 is 25.4 Å². The maximum Gasteiger partial charge on any atom is 0.425 e. The molecular weight excluding hydrogens is 987 g/mol. The van der Waals surface area contributed by atoms with Crippen molar-refractivity contribution in [1.82, 2.24) is 44.2 Å². The van der Waals surface area contributed by atoms with E-state index in [2.05, 4.69) is 41.7 Å². The summed E-state index contributed by atoms with van der Waals surface area (Å²) in [6.45, 7) is 11.0. The van der Waals surface area contributed by atoms with Crippen LogP contribution >= 0.6 is 11.6 Å². The van der Waals surface area contributed by atoms with Crippen molar-refractivity contribution in [3.8, 4) is 16.9 Å². The molecule has 21 nitrogen and oxygen atoms in total. The number of benzene rings is 1. The Bertz CT molecular complexity index is 2800. The summed E-state index contributed by atoms with van der Waals surface area (Å²) in [4.78, 5) is 123. The molecule has 0 fully saturated rings. The van der Waals surface area contributed by atoms with Crippen LogP contribution < -0.4 is 54.4 Å². The molecule has 3 amide bonds. The first-order valence-corrected chi connectivity index (χ1v) is 24.5. The predicted octanol–water partition coefficient (Wildman–Crippen LogP) is 7.27. The number of nitrogens with zero attached hydrogens (tertiary/aromatic N) is 4. The normalized spacial score (nSPS) is 10.9. The molecule has 73 heavy (non-hydrogen) atoms. The number of para-hydroxylation sites is 1. The maximum atomic E-state index is 12.6. The van der Waals surface area contributed by atoms with Gasteiger partial charge in [-0.25, -0.2) is 47.3 Å².